The van der Waals surface area contributed by atoms with Gasteiger partial charge in [-0.05, 0) is 37.3 Å². The summed E-state index contributed by atoms with van der Waals surface area (Å²) in [5.74, 6) is -0.312. The lowest BCUT2D eigenvalue weighted by atomic mass is 10.2. The van der Waals surface area contributed by atoms with E-state index in [1.54, 1.807) is 37.4 Å². The van der Waals surface area contributed by atoms with Gasteiger partial charge in [0.15, 0.2) is 0 Å². The zero-order valence-corrected chi connectivity index (χ0v) is 12.0. The Hall–Kier alpha value is -2.45. The quantitative estimate of drug-likeness (QED) is 0.788. The molecule has 0 saturated carbocycles. The third-order valence-electron chi connectivity index (χ3n) is 2.54. The summed E-state index contributed by atoms with van der Waals surface area (Å²) in [6.07, 6.45) is 1.54. The number of pyridine rings is 1. The fourth-order valence-electron chi connectivity index (χ4n) is 1.71. The number of carbonyl (C=O) groups is 1. The van der Waals surface area contributed by atoms with Crippen LogP contribution in [-0.2, 0) is 10.2 Å². The Balaban J connectivity index is 2.16. The van der Waals surface area contributed by atoms with Crippen molar-refractivity contribution in [2.75, 3.05) is 10.0 Å². The summed E-state index contributed by atoms with van der Waals surface area (Å²) in [6.45, 7) is 1.79. The van der Waals surface area contributed by atoms with Crippen LogP contribution in [0.3, 0.4) is 0 Å². The highest BCUT2D eigenvalue weighted by molar-refractivity contribution is 7.90. The molecule has 0 aliphatic carbocycles. The summed E-state index contributed by atoms with van der Waals surface area (Å²) in [7, 11) is -3.85. The number of nitrogens with zero attached hydrogens (tertiary/aromatic N) is 1. The van der Waals surface area contributed by atoms with Crippen molar-refractivity contribution in [1.82, 2.24) is 4.98 Å². The highest BCUT2D eigenvalue weighted by Gasteiger charge is 2.08. The zero-order valence-electron chi connectivity index (χ0n) is 11.2. The van der Waals surface area contributed by atoms with Gasteiger partial charge in [0.1, 0.15) is 0 Å². The van der Waals surface area contributed by atoms with Gasteiger partial charge in [0.25, 0.3) is 16.1 Å². The lowest BCUT2D eigenvalue weighted by molar-refractivity contribution is 0.102. The Morgan fingerprint density at radius 3 is 2.57 bits per heavy atom. The van der Waals surface area contributed by atoms with Crippen LogP contribution in [0.5, 0.6) is 0 Å². The number of hydrogen-bond acceptors (Lipinski definition) is 4. The van der Waals surface area contributed by atoms with Gasteiger partial charge in [-0.2, -0.15) is 8.42 Å². The molecule has 4 N–H and O–H groups in total. The van der Waals surface area contributed by atoms with E-state index in [1.165, 1.54) is 12.1 Å². The molecule has 1 amide bonds. The zero-order chi connectivity index (χ0) is 15.5. The van der Waals surface area contributed by atoms with Crippen LogP contribution in [0, 0.1) is 6.92 Å². The Morgan fingerprint density at radius 1 is 1.19 bits per heavy atom. The lowest BCUT2D eigenvalue weighted by Gasteiger charge is -2.08. The summed E-state index contributed by atoms with van der Waals surface area (Å²) >= 11 is 0. The Bertz CT molecular complexity index is 774. The molecule has 1 heterocycles. The van der Waals surface area contributed by atoms with Crippen LogP contribution in [0.4, 0.5) is 11.4 Å². The third-order valence-corrected chi connectivity index (χ3v) is 3.06. The van der Waals surface area contributed by atoms with E-state index in [2.05, 4.69) is 15.0 Å². The van der Waals surface area contributed by atoms with Gasteiger partial charge in [-0.15, -0.1) is 0 Å². The van der Waals surface area contributed by atoms with Crippen molar-refractivity contribution in [3.8, 4) is 0 Å². The van der Waals surface area contributed by atoms with Crippen LogP contribution < -0.4 is 15.2 Å². The van der Waals surface area contributed by atoms with E-state index in [4.69, 9.17) is 5.14 Å². The summed E-state index contributed by atoms with van der Waals surface area (Å²) in [5, 5.41) is 7.56. The second-order valence-electron chi connectivity index (χ2n) is 4.37. The van der Waals surface area contributed by atoms with Crippen LogP contribution in [0.15, 0.2) is 42.6 Å². The van der Waals surface area contributed by atoms with E-state index >= 15 is 0 Å². The number of benzene rings is 1. The highest BCUT2D eigenvalue weighted by Crippen LogP contribution is 2.16. The van der Waals surface area contributed by atoms with Crippen LogP contribution in [0.25, 0.3) is 0 Å². The normalized spacial score (nSPS) is 11.0. The first kappa shape index (κ1) is 14.9. The van der Waals surface area contributed by atoms with Gasteiger partial charge in [0, 0.05) is 23.1 Å². The van der Waals surface area contributed by atoms with E-state index in [0.717, 1.165) is 5.69 Å². The summed E-state index contributed by atoms with van der Waals surface area (Å²) in [5.41, 5.74) is 1.91. The molecule has 0 atom stereocenters. The number of hydrogen-bond donors (Lipinski definition) is 3. The first-order valence-electron chi connectivity index (χ1n) is 5.98. The number of nitrogens with two attached hydrogens (primary N) is 1. The Kier molecular flexibility index (Phi) is 4.20. The van der Waals surface area contributed by atoms with Crippen molar-refractivity contribution < 1.29 is 13.2 Å². The minimum absolute atomic E-state index is 0.265. The second kappa shape index (κ2) is 5.90. The van der Waals surface area contributed by atoms with Gasteiger partial charge in [0.05, 0.1) is 5.69 Å². The minimum Gasteiger partial charge on any atom is -0.322 e. The fourth-order valence-corrected chi connectivity index (χ4v) is 2.17. The molecule has 0 aliphatic rings. The molecule has 2 rings (SSSR count). The van der Waals surface area contributed by atoms with Gasteiger partial charge in [-0.3, -0.25) is 14.5 Å². The molecule has 0 aliphatic heterocycles. The third kappa shape index (κ3) is 4.55. The number of aromatic nitrogens is 1. The minimum atomic E-state index is -3.85. The molecule has 110 valence electrons. The molecule has 2 aromatic rings. The number of anilines is 2. The van der Waals surface area contributed by atoms with Crippen molar-refractivity contribution in [2.24, 2.45) is 5.14 Å². The van der Waals surface area contributed by atoms with E-state index in [0.29, 0.717) is 11.3 Å². The smallest absolute Gasteiger partial charge is 0.296 e. The molecule has 0 fully saturated rings. The molecule has 0 radical (unpaired) electrons. The maximum absolute atomic E-state index is 12.1. The maximum atomic E-state index is 12.1. The van der Waals surface area contributed by atoms with Crippen LogP contribution in [0.2, 0.25) is 0 Å². The number of aryl methyl sites for hydroxylation is 1. The molecule has 21 heavy (non-hydrogen) atoms. The SMILES string of the molecule is Cc1cc(C(=O)Nc2cccc(NS(N)(=O)=O)c2)ccn1. The van der Waals surface area contributed by atoms with Gasteiger partial charge >= 0.3 is 0 Å². The van der Waals surface area contributed by atoms with Crippen molar-refractivity contribution in [1.29, 1.82) is 0 Å². The predicted molar refractivity (Wildman–Crippen MR) is 80.1 cm³/mol. The van der Waals surface area contributed by atoms with E-state index in [-0.39, 0.29) is 11.6 Å². The molecule has 0 bridgehead atoms. The number of carbonyl (C=O) groups excluding carboxylic acids is 1. The first-order valence-corrected chi connectivity index (χ1v) is 7.53. The Labute approximate surface area is 122 Å². The molecule has 0 saturated heterocycles. The van der Waals surface area contributed by atoms with Crippen molar-refractivity contribution in [3.63, 3.8) is 0 Å². The molecule has 7 nitrogen and oxygen atoms in total. The molecule has 1 aromatic heterocycles. The van der Waals surface area contributed by atoms with Crippen LogP contribution in [0.1, 0.15) is 16.1 Å². The summed E-state index contributed by atoms with van der Waals surface area (Å²) in [4.78, 5) is 16.1. The average Bonchev–Trinajstić information content (AvgIpc) is 2.37. The van der Waals surface area contributed by atoms with E-state index in [9.17, 15) is 13.2 Å². The van der Waals surface area contributed by atoms with Crippen molar-refractivity contribution >= 4 is 27.5 Å². The van der Waals surface area contributed by atoms with Gasteiger partial charge < -0.3 is 5.32 Å². The van der Waals surface area contributed by atoms with Gasteiger partial charge in [-0.1, -0.05) is 6.07 Å². The number of nitrogens with one attached hydrogen (secondary N) is 2. The maximum Gasteiger partial charge on any atom is 0.296 e. The fraction of sp³-hybridized carbons (Fsp3) is 0.0769. The molecule has 1 aromatic carbocycles. The topological polar surface area (TPSA) is 114 Å². The molecular weight excluding hydrogens is 292 g/mol. The monoisotopic (exact) mass is 306 g/mol. The van der Waals surface area contributed by atoms with Crippen molar-refractivity contribution in [3.05, 3.63) is 53.9 Å². The largest absolute Gasteiger partial charge is 0.322 e. The molecule has 0 unspecified atom stereocenters. The first-order chi connectivity index (χ1) is 9.83. The second-order valence-corrected chi connectivity index (χ2v) is 5.66. The van der Waals surface area contributed by atoms with Crippen molar-refractivity contribution in [2.45, 2.75) is 6.92 Å². The van der Waals surface area contributed by atoms with Gasteiger partial charge in [0.2, 0.25) is 0 Å². The molecule has 0 spiro atoms. The summed E-state index contributed by atoms with van der Waals surface area (Å²) < 4.78 is 24.1. The number of amides is 1. The van der Waals surface area contributed by atoms with Gasteiger partial charge in [-0.25, -0.2) is 5.14 Å². The Morgan fingerprint density at radius 2 is 1.90 bits per heavy atom. The van der Waals surface area contributed by atoms with E-state index in [1.807, 2.05) is 0 Å². The van der Waals surface area contributed by atoms with Crippen LogP contribution in [-0.4, -0.2) is 19.3 Å². The van der Waals surface area contributed by atoms with E-state index < -0.39 is 10.2 Å². The summed E-state index contributed by atoms with van der Waals surface area (Å²) in [6, 6.07) is 9.48. The molecular formula is C13H14N4O3S. The molecule has 8 heteroatoms. The lowest BCUT2D eigenvalue weighted by Crippen LogP contribution is -2.21. The number of rotatable bonds is 4. The predicted octanol–water partition coefficient (Wildman–Crippen LogP) is 1.26. The standard InChI is InChI=1S/C13H14N4O3S/c1-9-7-10(5-6-15-9)13(18)16-11-3-2-4-12(8-11)17-21(14,19)20/h2-8,17H,1H3,(H,16,18)(H2,14,19,20). The average molecular weight is 306 g/mol. The van der Waals surface area contributed by atoms with Crippen LogP contribution >= 0.6 is 0 Å². The highest BCUT2D eigenvalue weighted by atomic mass is 32.2.